The number of carbonyl (C=O) groups excluding carboxylic acids is 2. The molecule has 1 aromatic carbocycles. The minimum absolute atomic E-state index is 0.239. The monoisotopic (exact) mass is 292 g/mol. The average Bonchev–Trinajstić information content (AvgIpc) is 2.73. The van der Waals surface area contributed by atoms with Crippen LogP contribution in [0.15, 0.2) is 12.1 Å². The number of ketones is 1. The number of hydrogen-bond donors (Lipinski definition) is 0. The van der Waals surface area contributed by atoms with E-state index in [0.29, 0.717) is 23.5 Å². The Hall–Kier alpha value is -2.04. The maximum absolute atomic E-state index is 12.4. The van der Waals surface area contributed by atoms with Crippen LogP contribution < -0.4 is 9.47 Å². The molecule has 0 fully saturated rings. The summed E-state index contributed by atoms with van der Waals surface area (Å²) < 4.78 is 15.8. The van der Waals surface area contributed by atoms with Crippen molar-refractivity contribution < 1.29 is 23.8 Å². The van der Waals surface area contributed by atoms with Gasteiger partial charge >= 0.3 is 5.97 Å². The Bertz CT molecular complexity index is 583. The highest BCUT2D eigenvalue weighted by atomic mass is 16.6. The van der Waals surface area contributed by atoms with Crippen molar-refractivity contribution in [2.45, 2.75) is 32.8 Å². The molecule has 21 heavy (non-hydrogen) atoms. The second-order valence-electron chi connectivity index (χ2n) is 6.01. The zero-order valence-corrected chi connectivity index (χ0v) is 13.0. The van der Waals surface area contributed by atoms with E-state index in [0.717, 1.165) is 5.56 Å². The lowest BCUT2D eigenvalue weighted by atomic mass is 10.1. The molecular weight excluding hydrogens is 272 g/mol. The normalized spacial score (nSPS) is 17.4. The second-order valence-corrected chi connectivity index (χ2v) is 6.01. The molecular formula is C16H20O5. The molecule has 1 unspecified atom stereocenters. The third-order valence-corrected chi connectivity index (χ3v) is 3.32. The predicted octanol–water partition coefficient (Wildman–Crippen LogP) is 2.40. The fourth-order valence-corrected chi connectivity index (χ4v) is 2.40. The molecule has 0 aromatic heterocycles. The molecule has 0 radical (unpaired) electrons. The minimum atomic E-state index is -0.805. The lowest BCUT2D eigenvalue weighted by Gasteiger charge is -2.21. The number of esters is 1. The van der Waals surface area contributed by atoms with Crippen LogP contribution >= 0.6 is 0 Å². The van der Waals surface area contributed by atoms with Gasteiger partial charge in [-0.05, 0) is 33.3 Å². The molecule has 5 heteroatoms. The minimum Gasteiger partial charge on any atom is -0.497 e. The Labute approximate surface area is 124 Å². The summed E-state index contributed by atoms with van der Waals surface area (Å²) in [4.78, 5) is 24.6. The predicted molar refractivity (Wildman–Crippen MR) is 76.9 cm³/mol. The summed E-state index contributed by atoms with van der Waals surface area (Å²) in [5, 5.41) is 0. The molecule has 1 aromatic rings. The van der Waals surface area contributed by atoms with Gasteiger partial charge in [-0.2, -0.15) is 0 Å². The van der Waals surface area contributed by atoms with Gasteiger partial charge in [0.15, 0.2) is 5.78 Å². The van der Waals surface area contributed by atoms with Crippen LogP contribution in [0.3, 0.4) is 0 Å². The van der Waals surface area contributed by atoms with Gasteiger partial charge in [-0.25, -0.2) is 0 Å². The summed E-state index contributed by atoms with van der Waals surface area (Å²) in [6, 6.07) is 3.36. The Morgan fingerprint density at radius 1 is 1.19 bits per heavy atom. The van der Waals surface area contributed by atoms with Crippen molar-refractivity contribution in [3.63, 3.8) is 0 Å². The number of ether oxygens (including phenoxy) is 3. The summed E-state index contributed by atoms with van der Waals surface area (Å²) >= 11 is 0. The zero-order valence-electron chi connectivity index (χ0n) is 13.0. The van der Waals surface area contributed by atoms with Gasteiger partial charge in [0.2, 0.25) is 0 Å². The van der Waals surface area contributed by atoms with Crippen molar-refractivity contribution >= 4 is 11.8 Å². The van der Waals surface area contributed by atoms with E-state index in [-0.39, 0.29) is 5.78 Å². The van der Waals surface area contributed by atoms with Crippen molar-refractivity contribution in [1.82, 2.24) is 0 Å². The fraction of sp³-hybridized carbons (Fsp3) is 0.500. The largest absolute Gasteiger partial charge is 0.497 e. The van der Waals surface area contributed by atoms with Crippen molar-refractivity contribution in [2.24, 2.45) is 5.92 Å². The van der Waals surface area contributed by atoms with E-state index in [1.54, 1.807) is 32.9 Å². The number of fused-ring (bicyclic) bond motifs is 1. The highest BCUT2D eigenvalue weighted by Crippen LogP contribution is 2.38. The SMILES string of the molecule is COc1cc(OC)c2c(c1)C(=O)C(C(=O)OC(C)(C)C)C2. The Morgan fingerprint density at radius 2 is 1.86 bits per heavy atom. The number of hydrogen-bond acceptors (Lipinski definition) is 5. The van der Waals surface area contributed by atoms with Crippen LogP contribution in [0.2, 0.25) is 0 Å². The molecule has 1 aliphatic carbocycles. The van der Waals surface area contributed by atoms with Crippen LogP contribution in [0.4, 0.5) is 0 Å². The second kappa shape index (κ2) is 5.39. The van der Waals surface area contributed by atoms with E-state index in [1.165, 1.54) is 14.2 Å². The third kappa shape index (κ3) is 3.01. The van der Waals surface area contributed by atoms with Crippen molar-refractivity contribution in [2.75, 3.05) is 14.2 Å². The Kier molecular flexibility index (Phi) is 3.94. The molecule has 2 rings (SSSR count). The van der Waals surface area contributed by atoms with E-state index >= 15 is 0 Å². The first-order chi connectivity index (χ1) is 9.76. The molecule has 0 saturated heterocycles. The molecule has 5 nitrogen and oxygen atoms in total. The van der Waals surface area contributed by atoms with Gasteiger partial charge in [-0.15, -0.1) is 0 Å². The van der Waals surface area contributed by atoms with Gasteiger partial charge in [-0.3, -0.25) is 9.59 Å². The molecule has 0 amide bonds. The van der Waals surface area contributed by atoms with Gasteiger partial charge in [0.1, 0.15) is 23.0 Å². The summed E-state index contributed by atoms with van der Waals surface area (Å²) in [6.07, 6.45) is 0.302. The lowest BCUT2D eigenvalue weighted by molar-refractivity contribution is -0.157. The number of rotatable bonds is 3. The third-order valence-electron chi connectivity index (χ3n) is 3.32. The highest BCUT2D eigenvalue weighted by Gasteiger charge is 2.40. The van der Waals surface area contributed by atoms with Crippen molar-refractivity contribution in [1.29, 1.82) is 0 Å². The molecule has 114 valence electrons. The molecule has 0 aliphatic heterocycles. The first-order valence-corrected chi connectivity index (χ1v) is 6.79. The van der Waals surface area contributed by atoms with Crippen LogP contribution in [-0.4, -0.2) is 31.6 Å². The van der Waals surface area contributed by atoms with Gasteiger partial charge < -0.3 is 14.2 Å². The van der Waals surface area contributed by atoms with Crippen molar-refractivity contribution in [3.8, 4) is 11.5 Å². The molecule has 0 bridgehead atoms. The molecule has 0 saturated carbocycles. The first kappa shape index (κ1) is 15.4. The standard InChI is InChI=1S/C16H20O5/c1-16(2,3)21-15(18)12-8-10-11(14(12)17)6-9(19-4)7-13(10)20-5/h6-7,12H,8H2,1-5H3. The molecule has 0 spiro atoms. The summed E-state index contributed by atoms with van der Waals surface area (Å²) in [7, 11) is 3.05. The van der Waals surface area contributed by atoms with Crippen LogP contribution in [0.25, 0.3) is 0 Å². The quantitative estimate of drug-likeness (QED) is 0.632. The number of methoxy groups -OCH3 is 2. The van der Waals surface area contributed by atoms with E-state index in [2.05, 4.69) is 0 Å². The van der Waals surface area contributed by atoms with Crippen molar-refractivity contribution in [3.05, 3.63) is 23.3 Å². The van der Waals surface area contributed by atoms with Crippen LogP contribution in [0, 0.1) is 5.92 Å². The molecule has 1 atom stereocenters. The van der Waals surface area contributed by atoms with Gasteiger partial charge in [-0.1, -0.05) is 0 Å². The lowest BCUT2D eigenvalue weighted by Crippen LogP contribution is -2.31. The highest BCUT2D eigenvalue weighted by molar-refractivity contribution is 6.13. The van der Waals surface area contributed by atoms with Crippen LogP contribution in [-0.2, 0) is 16.0 Å². The maximum atomic E-state index is 12.4. The van der Waals surface area contributed by atoms with Gasteiger partial charge in [0.25, 0.3) is 0 Å². The number of Topliss-reactive ketones (excluding diaryl/α,β-unsaturated/α-hetero) is 1. The zero-order chi connectivity index (χ0) is 15.8. The summed E-state index contributed by atoms with van der Waals surface area (Å²) in [5.41, 5.74) is 0.592. The first-order valence-electron chi connectivity index (χ1n) is 6.79. The molecule has 1 aliphatic rings. The Morgan fingerprint density at radius 3 is 2.38 bits per heavy atom. The molecule has 0 heterocycles. The van der Waals surface area contributed by atoms with Crippen LogP contribution in [0.5, 0.6) is 11.5 Å². The Balaban J connectivity index is 2.34. The maximum Gasteiger partial charge on any atom is 0.317 e. The summed E-state index contributed by atoms with van der Waals surface area (Å²) in [6.45, 7) is 5.34. The smallest absolute Gasteiger partial charge is 0.317 e. The molecule has 0 N–H and O–H groups in total. The van der Waals surface area contributed by atoms with E-state index in [1.807, 2.05) is 0 Å². The fourth-order valence-electron chi connectivity index (χ4n) is 2.40. The summed E-state index contributed by atoms with van der Waals surface area (Å²) in [5.74, 6) is -0.450. The topological polar surface area (TPSA) is 61.8 Å². The van der Waals surface area contributed by atoms with E-state index in [9.17, 15) is 9.59 Å². The van der Waals surface area contributed by atoms with E-state index < -0.39 is 17.5 Å². The van der Waals surface area contributed by atoms with Crippen LogP contribution in [0.1, 0.15) is 36.7 Å². The van der Waals surface area contributed by atoms with Gasteiger partial charge in [0, 0.05) is 17.2 Å². The number of carbonyl (C=O) groups is 2. The van der Waals surface area contributed by atoms with E-state index in [4.69, 9.17) is 14.2 Å². The average molecular weight is 292 g/mol. The number of benzene rings is 1. The van der Waals surface area contributed by atoms with Gasteiger partial charge in [0.05, 0.1) is 14.2 Å².